The van der Waals surface area contributed by atoms with Gasteiger partial charge in [0.25, 0.3) is 10.0 Å². The third-order valence-electron chi connectivity index (χ3n) is 3.59. The summed E-state index contributed by atoms with van der Waals surface area (Å²) in [4.78, 5) is 11.7. The van der Waals surface area contributed by atoms with Gasteiger partial charge in [-0.25, -0.2) is 13.2 Å². The average molecular weight is 359 g/mol. The topological polar surface area (TPSA) is 122 Å². The SMILES string of the molecule is CCc1ccc(C(=O)OC)cc1S(=O)(=O)Nc1cc(C#N)ccc1N. The van der Waals surface area contributed by atoms with Gasteiger partial charge in [0.1, 0.15) is 0 Å². The zero-order valence-corrected chi connectivity index (χ0v) is 14.6. The van der Waals surface area contributed by atoms with Crippen molar-refractivity contribution in [3.8, 4) is 6.07 Å². The number of carbonyl (C=O) groups is 1. The Balaban J connectivity index is 2.53. The number of nitrogens with zero attached hydrogens (tertiary/aromatic N) is 1. The predicted octanol–water partition coefficient (Wildman–Crippen LogP) is 2.29. The normalized spacial score (nSPS) is 10.8. The molecule has 7 nitrogen and oxygen atoms in total. The number of carbonyl (C=O) groups excluding carboxylic acids is 1. The fourth-order valence-corrected chi connectivity index (χ4v) is 3.67. The highest BCUT2D eigenvalue weighted by atomic mass is 32.2. The molecule has 0 saturated heterocycles. The molecular formula is C17H17N3O4S. The third kappa shape index (κ3) is 3.89. The molecule has 0 amide bonds. The van der Waals surface area contributed by atoms with Crippen molar-refractivity contribution in [2.75, 3.05) is 17.6 Å². The number of hydrogen-bond donors (Lipinski definition) is 2. The van der Waals surface area contributed by atoms with E-state index < -0.39 is 16.0 Å². The van der Waals surface area contributed by atoms with Crippen molar-refractivity contribution < 1.29 is 17.9 Å². The maximum atomic E-state index is 12.8. The Morgan fingerprint density at radius 2 is 2.00 bits per heavy atom. The van der Waals surface area contributed by atoms with Crippen LogP contribution in [0.4, 0.5) is 11.4 Å². The summed E-state index contributed by atoms with van der Waals surface area (Å²) in [5.41, 5.74) is 7.01. The zero-order chi connectivity index (χ0) is 18.6. The molecule has 0 aliphatic carbocycles. The van der Waals surface area contributed by atoms with Crippen LogP contribution in [-0.2, 0) is 21.2 Å². The number of benzene rings is 2. The lowest BCUT2D eigenvalue weighted by atomic mass is 10.1. The molecule has 0 aromatic heterocycles. The molecule has 25 heavy (non-hydrogen) atoms. The number of ether oxygens (including phenoxy) is 1. The second-order valence-corrected chi connectivity index (χ2v) is 6.84. The van der Waals surface area contributed by atoms with Gasteiger partial charge in [-0.3, -0.25) is 4.72 Å². The Morgan fingerprint density at radius 3 is 2.60 bits per heavy atom. The minimum Gasteiger partial charge on any atom is -0.465 e. The number of sulfonamides is 1. The number of nitrogens with one attached hydrogen (secondary N) is 1. The third-order valence-corrected chi connectivity index (χ3v) is 5.03. The second kappa shape index (κ2) is 7.23. The van der Waals surface area contributed by atoms with Crippen LogP contribution < -0.4 is 10.5 Å². The highest BCUT2D eigenvalue weighted by Crippen LogP contribution is 2.26. The van der Waals surface area contributed by atoms with Gasteiger partial charge < -0.3 is 10.5 Å². The highest BCUT2D eigenvalue weighted by molar-refractivity contribution is 7.92. The number of rotatable bonds is 5. The van der Waals surface area contributed by atoms with E-state index in [4.69, 9.17) is 11.0 Å². The summed E-state index contributed by atoms with van der Waals surface area (Å²) in [6, 6.07) is 10.5. The molecule has 0 radical (unpaired) electrons. The van der Waals surface area contributed by atoms with Crippen molar-refractivity contribution in [3.05, 3.63) is 53.1 Å². The molecule has 2 aromatic carbocycles. The predicted molar refractivity (Wildman–Crippen MR) is 93.5 cm³/mol. The van der Waals surface area contributed by atoms with Gasteiger partial charge in [0.15, 0.2) is 0 Å². The van der Waals surface area contributed by atoms with Crippen LogP contribution in [0.15, 0.2) is 41.3 Å². The lowest BCUT2D eigenvalue weighted by molar-refractivity contribution is 0.0600. The van der Waals surface area contributed by atoms with Crippen LogP contribution in [0.3, 0.4) is 0 Å². The van der Waals surface area contributed by atoms with Crippen molar-refractivity contribution in [1.82, 2.24) is 0 Å². The quantitative estimate of drug-likeness (QED) is 0.624. The molecule has 8 heteroatoms. The number of nitrogens with two attached hydrogens (primary N) is 1. The van der Waals surface area contributed by atoms with Crippen molar-refractivity contribution >= 4 is 27.4 Å². The fourth-order valence-electron chi connectivity index (χ4n) is 2.26. The lowest BCUT2D eigenvalue weighted by Gasteiger charge is -2.14. The number of nitrogen functional groups attached to an aromatic ring is 1. The Morgan fingerprint density at radius 1 is 1.28 bits per heavy atom. The van der Waals surface area contributed by atoms with Crippen LogP contribution in [-0.4, -0.2) is 21.5 Å². The van der Waals surface area contributed by atoms with Crippen LogP contribution in [0.5, 0.6) is 0 Å². The van der Waals surface area contributed by atoms with Gasteiger partial charge >= 0.3 is 5.97 Å². The molecule has 0 aliphatic heterocycles. The van der Waals surface area contributed by atoms with E-state index in [-0.39, 0.29) is 27.4 Å². The van der Waals surface area contributed by atoms with Crippen LogP contribution >= 0.6 is 0 Å². The fraction of sp³-hybridized carbons (Fsp3) is 0.176. The van der Waals surface area contributed by atoms with Gasteiger partial charge in [0.2, 0.25) is 0 Å². The van der Waals surface area contributed by atoms with Gasteiger partial charge in [-0.2, -0.15) is 5.26 Å². The van der Waals surface area contributed by atoms with Gasteiger partial charge in [-0.1, -0.05) is 13.0 Å². The number of anilines is 2. The summed E-state index contributed by atoms with van der Waals surface area (Å²) in [5, 5.41) is 8.96. The van der Waals surface area contributed by atoms with Crippen LogP contribution in [0.2, 0.25) is 0 Å². The summed E-state index contributed by atoms with van der Waals surface area (Å²) in [5.74, 6) is -0.634. The standard InChI is InChI=1S/C17H17N3O4S/c1-3-12-5-6-13(17(21)24-2)9-16(12)25(22,23)20-15-8-11(10-18)4-7-14(15)19/h4-9,20H,3,19H2,1-2H3. The monoisotopic (exact) mass is 359 g/mol. The van der Waals surface area contributed by atoms with E-state index in [1.165, 1.54) is 37.4 Å². The Hall–Kier alpha value is -3.05. The molecule has 0 atom stereocenters. The zero-order valence-electron chi connectivity index (χ0n) is 13.7. The summed E-state index contributed by atoms with van der Waals surface area (Å²) < 4.78 is 32.6. The van der Waals surface area contributed by atoms with Gasteiger partial charge in [0, 0.05) is 0 Å². The maximum absolute atomic E-state index is 12.8. The molecule has 0 fully saturated rings. The van der Waals surface area contributed by atoms with Crippen LogP contribution in [0.1, 0.15) is 28.4 Å². The van der Waals surface area contributed by atoms with E-state index in [1.807, 2.05) is 6.07 Å². The summed E-state index contributed by atoms with van der Waals surface area (Å²) in [6.45, 7) is 1.80. The smallest absolute Gasteiger partial charge is 0.337 e. The molecule has 0 saturated carbocycles. The molecule has 0 bridgehead atoms. The molecule has 0 unspecified atom stereocenters. The molecule has 3 N–H and O–H groups in total. The van der Waals surface area contributed by atoms with Crippen molar-refractivity contribution in [2.24, 2.45) is 0 Å². The van der Waals surface area contributed by atoms with Crippen molar-refractivity contribution in [2.45, 2.75) is 18.2 Å². The Labute approximate surface area is 146 Å². The number of methoxy groups -OCH3 is 1. The van der Waals surface area contributed by atoms with Crippen molar-refractivity contribution in [1.29, 1.82) is 5.26 Å². The Bertz CT molecular complexity index is 962. The minimum absolute atomic E-state index is 0.0420. The summed E-state index contributed by atoms with van der Waals surface area (Å²) >= 11 is 0. The largest absolute Gasteiger partial charge is 0.465 e. The number of nitriles is 1. The van der Waals surface area contributed by atoms with Gasteiger partial charge in [0.05, 0.1) is 40.6 Å². The molecule has 2 rings (SSSR count). The molecule has 0 aliphatic rings. The molecular weight excluding hydrogens is 342 g/mol. The summed E-state index contributed by atoms with van der Waals surface area (Å²) in [7, 11) is -2.80. The first-order valence-electron chi connectivity index (χ1n) is 7.36. The van der Waals surface area contributed by atoms with Crippen LogP contribution in [0, 0.1) is 11.3 Å². The number of esters is 1. The van der Waals surface area contributed by atoms with Gasteiger partial charge in [-0.05, 0) is 42.3 Å². The molecule has 130 valence electrons. The first kappa shape index (κ1) is 18.3. The molecule has 2 aromatic rings. The Kier molecular flexibility index (Phi) is 5.29. The number of hydrogen-bond acceptors (Lipinski definition) is 6. The average Bonchev–Trinajstić information content (AvgIpc) is 2.62. The van der Waals surface area contributed by atoms with Crippen molar-refractivity contribution in [3.63, 3.8) is 0 Å². The maximum Gasteiger partial charge on any atom is 0.337 e. The first-order chi connectivity index (χ1) is 11.8. The lowest BCUT2D eigenvalue weighted by Crippen LogP contribution is -2.17. The number of aryl methyl sites for hydroxylation is 1. The van der Waals surface area contributed by atoms with Crippen LogP contribution in [0.25, 0.3) is 0 Å². The molecule has 0 spiro atoms. The summed E-state index contributed by atoms with van der Waals surface area (Å²) in [6.07, 6.45) is 0.450. The minimum atomic E-state index is -4.01. The highest BCUT2D eigenvalue weighted by Gasteiger charge is 2.21. The van der Waals surface area contributed by atoms with E-state index >= 15 is 0 Å². The van der Waals surface area contributed by atoms with Gasteiger partial charge in [-0.15, -0.1) is 0 Å². The van der Waals surface area contributed by atoms with E-state index in [1.54, 1.807) is 13.0 Å². The van der Waals surface area contributed by atoms with E-state index in [9.17, 15) is 13.2 Å². The van der Waals surface area contributed by atoms with E-state index in [0.717, 1.165) is 0 Å². The first-order valence-corrected chi connectivity index (χ1v) is 8.84. The molecule has 0 heterocycles. The van der Waals surface area contributed by atoms with E-state index in [2.05, 4.69) is 9.46 Å². The van der Waals surface area contributed by atoms with E-state index in [0.29, 0.717) is 12.0 Å². The second-order valence-electron chi connectivity index (χ2n) is 5.19.